The molecule has 1 aliphatic rings. The van der Waals surface area contributed by atoms with E-state index in [-0.39, 0.29) is 11.8 Å². The van der Waals surface area contributed by atoms with Crippen molar-refractivity contribution in [1.29, 1.82) is 5.26 Å². The molecule has 0 aromatic heterocycles. The number of carbonyl (C=O) groups excluding carboxylic acids is 2. The summed E-state index contributed by atoms with van der Waals surface area (Å²) in [7, 11) is 0. The lowest BCUT2D eigenvalue weighted by Crippen LogP contribution is -2.41. The molecule has 0 spiro atoms. The number of nitriles is 1. The number of ether oxygens (including phenoxy) is 1. The maximum atomic E-state index is 12.2. The highest BCUT2D eigenvalue weighted by Gasteiger charge is 2.17. The van der Waals surface area contributed by atoms with Gasteiger partial charge in [0.2, 0.25) is 5.91 Å². The highest BCUT2D eigenvalue weighted by Crippen LogP contribution is 2.13. The normalized spacial score (nSPS) is 13.7. The number of hydrogen-bond donors (Lipinski definition) is 1. The molecule has 2 aromatic carbocycles. The number of hydrogen-bond acceptors (Lipinski definition) is 4. The summed E-state index contributed by atoms with van der Waals surface area (Å²) in [6, 6.07) is 15.7. The molecule has 0 saturated carbocycles. The van der Waals surface area contributed by atoms with E-state index >= 15 is 0 Å². The zero-order valence-corrected chi connectivity index (χ0v) is 14.3. The van der Waals surface area contributed by atoms with Gasteiger partial charge in [0.05, 0.1) is 31.3 Å². The monoisotopic (exact) mass is 349 g/mol. The van der Waals surface area contributed by atoms with Crippen molar-refractivity contribution in [1.82, 2.24) is 4.90 Å². The molecule has 1 aliphatic heterocycles. The Morgan fingerprint density at radius 1 is 1.04 bits per heavy atom. The van der Waals surface area contributed by atoms with Crippen molar-refractivity contribution in [2.24, 2.45) is 0 Å². The summed E-state index contributed by atoms with van der Waals surface area (Å²) in [5, 5.41) is 11.6. The number of nitrogens with zero attached hydrogens (tertiary/aromatic N) is 2. The van der Waals surface area contributed by atoms with Crippen LogP contribution in [0.25, 0.3) is 0 Å². The molecule has 0 radical (unpaired) electrons. The van der Waals surface area contributed by atoms with Crippen LogP contribution in [0.3, 0.4) is 0 Å². The number of carbonyl (C=O) groups is 2. The van der Waals surface area contributed by atoms with Crippen molar-refractivity contribution in [2.75, 3.05) is 31.6 Å². The number of nitrogens with one attached hydrogen (secondary N) is 1. The number of rotatable bonds is 4. The molecular formula is C20H19N3O3. The minimum atomic E-state index is -0.244. The minimum Gasteiger partial charge on any atom is -0.378 e. The van der Waals surface area contributed by atoms with Gasteiger partial charge in [-0.3, -0.25) is 9.59 Å². The molecule has 0 atom stereocenters. The molecule has 6 nitrogen and oxygen atoms in total. The van der Waals surface area contributed by atoms with Crippen LogP contribution in [0.4, 0.5) is 5.69 Å². The standard InChI is InChI=1S/C20H19N3O3/c21-14-16-1-5-17(6-2-16)20(25)22-18-7-3-15(4-8-18)13-19(24)23-9-11-26-12-10-23/h1-8H,9-13H2,(H,22,25). The van der Waals surface area contributed by atoms with Crippen molar-refractivity contribution >= 4 is 17.5 Å². The van der Waals surface area contributed by atoms with Crippen LogP contribution in [0.15, 0.2) is 48.5 Å². The smallest absolute Gasteiger partial charge is 0.255 e. The summed E-state index contributed by atoms with van der Waals surface area (Å²) in [6.45, 7) is 2.45. The average Bonchev–Trinajstić information content (AvgIpc) is 2.70. The number of amides is 2. The van der Waals surface area contributed by atoms with Gasteiger partial charge in [0, 0.05) is 24.3 Å². The summed E-state index contributed by atoms with van der Waals surface area (Å²) < 4.78 is 5.25. The van der Waals surface area contributed by atoms with E-state index in [1.165, 1.54) is 0 Å². The molecule has 1 N–H and O–H groups in total. The third-order valence-electron chi connectivity index (χ3n) is 4.21. The van der Waals surface area contributed by atoms with E-state index in [1.54, 1.807) is 36.4 Å². The van der Waals surface area contributed by atoms with Crippen LogP contribution in [-0.4, -0.2) is 43.0 Å². The van der Waals surface area contributed by atoms with Crippen LogP contribution in [0.5, 0.6) is 0 Å². The van der Waals surface area contributed by atoms with Gasteiger partial charge in [-0.05, 0) is 42.0 Å². The number of anilines is 1. The molecule has 132 valence electrons. The van der Waals surface area contributed by atoms with Crippen molar-refractivity contribution in [3.8, 4) is 6.07 Å². The minimum absolute atomic E-state index is 0.0858. The zero-order chi connectivity index (χ0) is 18.4. The van der Waals surface area contributed by atoms with Crippen LogP contribution in [0, 0.1) is 11.3 Å². The molecule has 0 aliphatic carbocycles. The molecule has 1 saturated heterocycles. The van der Waals surface area contributed by atoms with E-state index in [2.05, 4.69) is 5.32 Å². The highest BCUT2D eigenvalue weighted by atomic mass is 16.5. The van der Waals surface area contributed by atoms with Gasteiger partial charge in [0.25, 0.3) is 5.91 Å². The second kappa shape index (κ2) is 8.28. The van der Waals surface area contributed by atoms with Crippen molar-refractivity contribution in [3.05, 3.63) is 65.2 Å². The first kappa shape index (κ1) is 17.6. The van der Waals surface area contributed by atoms with E-state index in [0.29, 0.717) is 49.5 Å². The second-order valence-electron chi connectivity index (χ2n) is 6.01. The second-order valence-corrected chi connectivity index (χ2v) is 6.01. The lowest BCUT2D eigenvalue weighted by Gasteiger charge is -2.26. The Kier molecular flexibility index (Phi) is 5.62. The van der Waals surface area contributed by atoms with Crippen molar-refractivity contribution < 1.29 is 14.3 Å². The van der Waals surface area contributed by atoms with Crippen molar-refractivity contribution in [2.45, 2.75) is 6.42 Å². The number of morpholine rings is 1. The highest BCUT2D eigenvalue weighted by molar-refractivity contribution is 6.04. The van der Waals surface area contributed by atoms with Crippen LogP contribution in [0.2, 0.25) is 0 Å². The molecule has 1 fully saturated rings. The van der Waals surface area contributed by atoms with E-state index < -0.39 is 0 Å². The van der Waals surface area contributed by atoms with Gasteiger partial charge in [0.1, 0.15) is 0 Å². The molecular weight excluding hydrogens is 330 g/mol. The quantitative estimate of drug-likeness (QED) is 0.917. The predicted molar refractivity (Wildman–Crippen MR) is 96.7 cm³/mol. The fourth-order valence-electron chi connectivity index (χ4n) is 2.70. The van der Waals surface area contributed by atoms with E-state index in [4.69, 9.17) is 10.00 Å². The van der Waals surface area contributed by atoms with Gasteiger partial charge in [-0.15, -0.1) is 0 Å². The molecule has 0 bridgehead atoms. The summed E-state index contributed by atoms with van der Waals surface area (Å²) >= 11 is 0. The Labute approximate surface area is 152 Å². The molecule has 3 rings (SSSR count). The topological polar surface area (TPSA) is 82.4 Å². The fourth-order valence-corrected chi connectivity index (χ4v) is 2.70. The molecule has 26 heavy (non-hydrogen) atoms. The van der Waals surface area contributed by atoms with Crippen LogP contribution in [-0.2, 0) is 16.0 Å². The Morgan fingerprint density at radius 3 is 2.31 bits per heavy atom. The van der Waals surface area contributed by atoms with Gasteiger partial charge in [-0.1, -0.05) is 12.1 Å². The molecule has 2 amide bonds. The van der Waals surface area contributed by atoms with Gasteiger partial charge in [-0.25, -0.2) is 0 Å². The van der Waals surface area contributed by atoms with Crippen LogP contribution in [0.1, 0.15) is 21.5 Å². The maximum absolute atomic E-state index is 12.2. The van der Waals surface area contributed by atoms with Crippen LogP contribution >= 0.6 is 0 Å². The summed E-state index contributed by atoms with van der Waals surface area (Å²) in [5.41, 5.74) is 2.55. The first-order chi connectivity index (χ1) is 12.7. The lowest BCUT2D eigenvalue weighted by molar-refractivity contribution is -0.134. The van der Waals surface area contributed by atoms with E-state index in [1.807, 2.05) is 23.1 Å². The summed E-state index contributed by atoms with van der Waals surface area (Å²) in [5.74, 6) is -0.158. The zero-order valence-electron chi connectivity index (χ0n) is 14.3. The fraction of sp³-hybridized carbons (Fsp3) is 0.250. The Balaban J connectivity index is 1.57. The van der Waals surface area contributed by atoms with E-state index in [9.17, 15) is 9.59 Å². The summed E-state index contributed by atoms with van der Waals surface area (Å²) in [6.07, 6.45) is 0.337. The first-order valence-electron chi connectivity index (χ1n) is 8.42. The summed E-state index contributed by atoms with van der Waals surface area (Å²) in [4.78, 5) is 26.3. The molecule has 2 aromatic rings. The predicted octanol–water partition coefficient (Wildman–Crippen LogP) is 2.21. The molecule has 0 unspecified atom stereocenters. The third kappa shape index (κ3) is 4.47. The largest absolute Gasteiger partial charge is 0.378 e. The van der Waals surface area contributed by atoms with Crippen molar-refractivity contribution in [3.63, 3.8) is 0 Å². The number of benzene rings is 2. The van der Waals surface area contributed by atoms with Gasteiger partial charge in [0.15, 0.2) is 0 Å². The SMILES string of the molecule is N#Cc1ccc(C(=O)Nc2ccc(CC(=O)N3CCOCC3)cc2)cc1. The van der Waals surface area contributed by atoms with Crippen LogP contribution < -0.4 is 5.32 Å². The lowest BCUT2D eigenvalue weighted by atomic mass is 10.1. The Hall–Kier alpha value is -3.17. The van der Waals surface area contributed by atoms with E-state index in [0.717, 1.165) is 5.56 Å². The Morgan fingerprint density at radius 2 is 1.69 bits per heavy atom. The van der Waals surface area contributed by atoms with Gasteiger partial charge >= 0.3 is 0 Å². The van der Waals surface area contributed by atoms with Gasteiger partial charge < -0.3 is 15.0 Å². The molecule has 6 heteroatoms. The third-order valence-corrected chi connectivity index (χ3v) is 4.21. The Bertz CT molecular complexity index is 817. The maximum Gasteiger partial charge on any atom is 0.255 e. The average molecular weight is 349 g/mol. The van der Waals surface area contributed by atoms with Gasteiger partial charge in [-0.2, -0.15) is 5.26 Å². The molecule has 1 heterocycles. The first-order valence-corrected chi connectivity index (χ1v) is 8.42.